The Labute approximate surface area is 128 Å². The van der Waals surface area contributed by atoms with Crippen LogP contribution in [-0.2, 0) is 4.79 Å². The third kappa shape index (κ3) is 3.28. The average Bonchev–Trinajstić information content (AvgIpc) is 2.47. The van der Waals surface area contributed by atoms with Crippen LogP contribution in [0.25, 0.3) is 11.4 Å². The molecule has 0 saturated heterocycles. The first-order valence-electron chi connectivity index (χ1n) is 6.76. The van der Waals surface area contributed by atoms with Crippen LogP contribution in [0.1, 0.15) is 29.9 Å². The minimum absolute atomic E-state index is 0.258. The third-order valence-electron chi connectivity index (χ3n) is 3.22. The van der Waals surface area contributed by atoms with Crippen molar-refractivity contribution in [1.82, 2.24) is 15.3 Å². The molecule has 0 spiro atoms. The summed E-state index contributed by atoms with van der Waals surface area (Å²) in [4.78, 5) is 31.8. The summed E-state index contributed by atoms with van der Waals surface area (Å²) in [5.41, 5.74) is 0.242. The highest BCUT2D eigenvalue weighted by Gasteiger charge is 2.30. The lowest BCUT2D eigenvalue weighted by atomic mass is 10.1. The number of aromatic nitrogens is 2. The predicted octanol–water partition coefficient (Wildman–Crippen LogP) is 2.05. The second-order valence-corrected chi connectivity index (χ2v) is 5.44. The van der Waals surface area contributed by atoms with E-state index in [2.05, 4.69) is 15.3 Å². The number of carboxylic acid groups (broad SMARTS) is 1. The average molecular weight is 299 g/mol. The summed E-state index contributed by atoms with van der Waals surface area (Å²) < 4.78 is 0. The highest BCUT2D eigenvalue weighted by atomic mass is 16.4. The van der Waals surface area contributed by atoms with Gasteiger partial charge in [0.1, 0.15) is 5.54 Å². The molecule has 1 aromatic carbocycles. The number of nitrogens with one attached hydrogen (secondary N) is 1. The van der Waals surface area contributed by atoms with E-state index in [1.54, 1.807) is 6.92 Å². The van der Waals surface area contributed by atoms with Crippen molar-refractivity contribution in [2.24, 2.45) is 0 Å². The standard InChI is InChI=1S/C16H17N3O3/c1-10-12(14(20)19-16(2,3)15(21)22)9-17-13(18-10)11-7-5-4-6-8-11/h4-9H,1-3H3,(H,19,20)(H,21,22). The number of carboxylic acids is 1. The number of carbonyl (C=O) groups excluding carboxylic acids is 1. The van der Waals surface area contributed by atoms with E-state index in [0.717, 1.165) is 5.56 Å². The molecular formula is C16H17N3O3. The van der Waals surface area contributed by atoms with Gasteiger partial charge in [-0.25, -0.2) is 14.8 Å². The normalized spacial score (nSPS) is 11.0. The lowest BCUT2D eigenvalue weighted by molar-refractivity contribution is -0.143. The molecule has 22 heavy (non-hydrogen) atoms. The van der Waals surface area contributed by atoms with Gasteiger partial charge in [-0.05, 0) is 20.8 Å². The lowest BCUT2D eigenvalue weighted by Crippen LogP contribution is -2.49. The van der Waals surface area contributed by atoms with Crippen molar-refractivity contribution < 1.29 is 14.7 Å². The summed E-state index contributed by atoms with van der Waals surface area (Å²) in [5.74, 6) is -1.10. The summed E-state index contributed by atoms with van der Waals surface area (Å²) in [6.45, 7) is 4.53. The van der Waals surface area contributed by atoms with Gasteiger partial charge in [-0.2, -0.15) is 0 Å². The number of benzene rings is 1. The zero-order chi connectivity index (χ0) is 16.3. The van der Waals surface area contributed by atoms with E-state index in [0.29, 0.717) is 11.5 Å². The molecule has 2 aromatic rings. The fourth-order valence-corrected chi connectivity index (χ4v) is 1.82. The van der Waals surface area contributed by atoms with Crippen molar-refractivity contribution >= 4 is 11.9 Å². The first kappa shape index (κ1) is 15.6. The Morgan fingerprint density at radius 2 is 1.82 bits per heavy atom. The monoisotopic (exact) mass is 299 g/mol. The molecule has 2 N–H and O–H groups in total. The van der Waals surface area contributed by atoms with Crippen LogP contribution in [0.4, 0.5) is 0 Å². The predicted molar refractivity (Wildman–Crippen MR) is 81.4 cm³/mol. The summed E-state index contributed by atoms with van der Waals surface area (Å²) in [6, 6.07) is 9.41. The van der Waals surface area contributed by atoms with Gasteiger partial charge in [0.25, 0.3) is 5.91 Å². The van der Waals surface area contributed by atoms with Crippen molar-refractivity contribution in [2.45, 2.75) is 26.3 Å². The summed E-state index contributed by atoms with van der Waals surface area (Å²) >= 11 is 0. The molecule has 1 aromatic heterocycles. The zero-order valence-electron chi connectivity index (χ0n) is 12.6. The first-order chi connectivity index (χ1) is 10.3. The van der Waals surface area contributed by atoms with Crippen LogP contribution in [0.5, 0.6) is 0 Å². The molecule has 6 heteroatoms. The van der Waals surface area contributed by atoms with Gasteiger partial charge in [-0.1, -0.05) is 30.3 Å². The van der Waals surface area contributed by atoms with Crippen LogP contribution in [0.2, 0.25) is 0 Å². The van der Waals surface area contributed by atoms with Crippen LogP contribution in [-0.4, -0.2) is 32.5 Å². The highest BCUT2D eigenvalue weighted by molar-refractivity contribution is 5.98. The van der Waals surface area contributed by atoms with Gasteiger partial charge < -0.3 is 10.4 Å². The number of nitrogens with zero attached hydrogens (tertiary/aromatic N) is 2. The number of amides is 1. The molecule has 0 saturated carbocycles. The van der Waals surface area contributed by atoms with Crippen LogP contribution in [0.15, 0.2) is 36.5 Å². The molecule has 2 rings (SSSR count). The van der Waals surface area contributed by atoms with Crippen molar-refractivity contribution in [3.63, 3.8) is 0 Å². The maximum atomic E-state index is 12.2. The SMILES string of the molecule is Cc1nc(-c2ccccc2)ncc1C(=O)NC(C)(C)C(=O)O. The third-order valence-corrected chi connectivity index (χ3v) is 3.22. The summed E-state index contributed by atoms with van der Waals surface area (Å²) in [6.07, 6.45) is 1.41. The van der Waals surface area contributed by atoms with Gasteiger partial charge in [-0.15, -0.1) is 0 Å². The van der Waals surface area contributed by atoms with Crippen molar-refractivity contribution in [3.8, 4) is 11.4 Å². The summed E-state index contributed by atoms with van der Waals surface area (Å²) in [7, 11) is 0. The highest BCUT2D eigenvalue weighted by Crippen LogP contribution is 2.16. The van der Waals surface area contributed by atoms with Gasteiger partial charge in [-0.3, -0.25) is 4.79 Å². The van der Waals surface area contributed by atoms with E-state index in [4.69, 9.17) is 5.11 Å². The maximum Gasteiger partial charge on any atom is 0.328 e. The Kier molecular flexibility index (Phi) is 4.21. The quantitative estimate of drug-likeness (QED) is 0.901. The lowest BCUT2D eigenvalue weighted by Gasteiger charge is -2.21. The topological polar surface area (TPSA) is 92.2 Å². The Hall–Kier alpha value is -2.76. The smallest absolute Gasteiger partial charge is 0.328 e. The maximum absolute atomic E-state index is 12.2. The van der Waals surface area contributed by atoms with Gasteiger partial charge in [0, 0.05) is 11.8 Å². The molecule has 1 amide bonds. The number of aryl methyl sites for hydroxylation is 1. The van der Waals surface area contributed by atoms with E-state index >= 15 is 0 Å². The Bertz CT molecular complexity index is 712. The van der Waals surface area contributed by atoms with E-state index in [-0.39, 0.29) is 5.56 Å². The van der Waals surface area contributed by atoms with Crippen LogP contribution in [0, 0.1) is 6.92 Å². The number of rotatable bonds is 4. The minimum Gasteiger partial charge on any atom is -0.480 e. The number of hydrogen-bond donors (Lipinski definition) is 2. The molecule has 0 atom stereocenters. The molecule has 0 fully saturated rings. The molecule has 0 bridgehead atoms. The van der Waals surface area contributed by atoms with E-state index in [1.165, 1.54) is 20.0 Å². The molecule has 0 aliphatic rings. The van der Waals surface area contributed by atoms with Crippen molar-refractivity contribution in [2.75, 3.05) is 0 Å². The van der Waals surface area contributed by atoms with Gasteiger partial charge in [0.2, 0.25) is 0 Å². The summed E-state index contributed by atoms with van der Waals surface area (Å²) in [5, 5.41) is 11.5. The van der Waals surface area contributed by atoms with Crippen LogP contribution >= 0.6 is 0 Å². The second kappa shape index (κ2) is 5.93. The van der Waals surface area contributed by atoms with Crippen LogP contribution < -0.4 is 5.32 Å². The van der Waals surface area contributed by atoms with E-state index < -0.39 is 17.4 Å². The van der Waals surface area contributed by atoms with Crippen molar-refractivity contribution in [1.29, 1.82) is 0 Å². The molecule has 0 aliphatic heterocycles. The number of carbonyl (C=O) groups is 2. The molecule has 114 valence electrons. The molecule has 0 aliphatic carbocycles. The fraction of sp³-hybridized carbons (Fsp3) is 0.250. The van der Waals surface area contributed by atoms with Crippen molar-refractivity contribution in [3.05, 3.63) is 47.8 Å². The molecule has 1 heterocycles. The Morgan fingerprint density at radius 1 is 1.18 bits per heavy atom. The van der Waals surface area contributed by atoms with Gasteiger partial charge in [0.15, 0.2) is 5.82 Å². The largest absolute Gasteiger partial charge is 0.480 e. The molecule has 6 nitrogen and oxygen atoms in total. The zero-order valence-corrected chi connectivity index (χ0v) is 12.6. The first-order valence-corrected chi connectivity index (χ1v) is 6.76. The Morgan fingerprint density at radius 3 is 2.36 bits per heavy atom. The molecular weight excluding hydrogens is 282 g/mol. The number of aliphatic carboxylic acids is 1. The second-order valence-electron chi connectivity index (χ2n) is 5.44. The van der Waals surface area contributed by atoms with Crippen LogP contribution in [0.3, 0.4) is 0 Å². The van der Waals surface area contributed by atoms with Gasteiger partial charge >= 0.3 is 5.97 Å². The fourth-order valence-electron chi connectivity index (χ4n) is 1.82. The number of hydrogen-bond acceptors (Lipinski definition) is 4. The minimum atomic E-state index is -1.36. The molecule has 0 radical (unpaired) electrons. The Balaban J connectivity index is 2.27. The van der Waals surface area contributed by atoms with E-state index in [9.17, 15) is 9.59 Å². The van der Waals surface area contributed by atoms with Gasteiger partial charge in [0.05, 0.1) is 11.3 Å². The molecule has 0 unspecified atom stereocenters. The van der Waals surface area contributed by atoms with E-state index in [1.807, 2.05) is 30.3 Å².